The van der Waals surface area contributed by atoms with Gasteiger partial charge in [0, 0.05) is 12.4 Å². The van der Waals surface area contributed by atoms with Crippen molar-refractivity contribution in [3.63, 3.8) is 0 Å². The summed E-state index contributed by atoms with van der Waals surface area (Å²) < 4.78 is 0.927. The van der Waals surface area contributed by atoms with Crippen LogP contribution < -0.4 is 0 Å². The van der Waals surface area contributed by atoms with E-state index in [0.29, 0.717) is 11.0 Å². The number of rotatable bonds is 1. The number of H-pyrrole nitrogens is 1. The molecule has 0 spiro atoms. The largest absolute Gasteiger partial charge is 0.478 e. The van der Waals surface area contributed by atoms with Crippen LogP contribution in [0.4, 0.5) is 0 Å². The van der Waals surface area contributed by atoms with Gasteiger partial charge in [0.25, 0.3) is 0 Å². The fourth-order valence-electron chi connectivity index (χ4n) is 1.17. The lowest BCUT2D eigenvalue weighted by molar-refractivity contribution is 0.0699. The Morgan fingerprint density at radius 2 is 2.38 bits per heavy atom. The van der Waals surface area contributed by atoms with Gasteiger partial charge in [0.2, 0.25) is 0 Å². The molecule has 0 bridgehead atoms. The van der Waals surface area contributed by atoms with E-state index in [2.05, 4.69) is 32.6 Å². The minimum absolute atomic E-state index is 0.257. The van der Waals surface area contributed by atoms with Crippen LogP contribution in [0.1, 0.15) is 10.4 Å². The predicted octanol–water partition coefficient (Wildman–Crippen LogP) is 1.87. The number of hydrogen-bond donors (Lipinski definition) is 2. The molecule has 0 amide bonds. The van der Waals surface area contributed by atoms with Crippen molar-refractivity contribution in [1.29, 1.82) is 0 Å². The fraction of sp³-hybridized carbons (Fsp3) is 0. The normalized spacial score (nSPS) is 10.5. The van der Waals surface area contributed by atoms with Crippen molar-refractivity contribution in [1.82, 2.24) is 9.97 Å². The maximum atomic E-state index is 10.8. The molecule has 0 atom stereocenters. The Bertz CT molecular complexity index is 478. The average molecular weight is 288 g/mol. The molecule has 0 saturated heterocycles. The highest BCUT2D eigenvalue weighted by molar-refractivity contribution is 14.1. The Labute approximate surface area is 87.1 Å². The van der Waals surface area contributed by atoms with E-state index < -0.39 is 5.97 Å². The molecule has 0 saturated carbocycles. The number of aromatic carboxylic acids is 1. The number of carboxylic acids is 1. The second-order valence-corrected chi connectivity index (χ2v) is 3.69. The van der Waals surface area contributed by atoms with Crippen LogP contribution >= 0.6 is 22.6 Å². The van der Waals surface area contributed by atoms with E-state index >= 15 is 0 Å². The van der Waals surface area contributed by atoms with E-state index in [0.717, 1.165) is 3.57 Å². The number of aromatic nitrogens is 2. The zero-order valence-corrected chi connectivity index (χ0v) is 8.57. The highest BCUT2D eigenvalue weighted by Crippen LogP contribution is 2.20. The summed E-state index contributed by atoms with van der Waals surface area (Å²) in [6, 6.07) is 1.48. The summed E-state index contributed by atoms with van der Waals surface area (Å²) in [5, 5.41) is 8.84. The summed E-state index contributed by atoms with van der Waals surface area (Å²) in [7, 11) is 0. The first-order valence-corrected chi connectivity index (χ1v) is 4.63. The molecule has 0 aliphatic rings. The maximum Gasteiger partial charge on any atom is 0.337 e. The van der Waals surface area contributed by atoms with Crippen molar-refractivity contribution >= 4 is 39.6 Å². The highest BCUT2D eigenvalue weighted by Gasteiger charge is 2.11. The molecule has 0 aromatic carbocycles. The third-order valence-corrected chi connectivity index (χ3v) is 2.57. The summed E-state index contributed by atoms with van der Waals surface area (Å²) >= 11 is 2.11. The van der Waals surface area contributed by atoms with Gasteiger partial charge in [0.05, 0.1) is 14.7 Å². The summed E-state index contributed by atoms with van der Waals surface area (Å²) in [5.74, 6) is -0.939. The van der Waals surface area contributed by atoms with E-state index in [1.54, 1.807) is 6.20 Å². The smallest absolute Gasteiger partial charge is 0.337 e. The van der Waals surface area contributed by atoms with Crippen molar-refractivity contribution < 1.29 is 9.90 Å². The van der Waals surface area contributed by atoms with Crippen molar-refractivity contribution in [3.05, 3.63) is 27.6 Å². The number of fused-ring (bicyclic) bond motifs is 1. The predicted molar refractivity (Wildman–Crippen MR) is 55.8 cm³/mol. The van der Waals surface area contributed by atoms with Gasteiger partial charge in [-0.2, -0.15) is 0 Å². The molecule has 0 aliphatic heterocycles. The van der Waals surface area contributed by atoms with Gasteiger partial charge in [0.1, 0.15) is 5.52 Å². The third kappa shape index (κ3) is 1.28. The molecule has 13 heavy (non-hydrogen) atoms. The number of hydrogen-bond acceptors (Lipinski definition) is 2. The van der Waals surface area contributed by atoms with Gasteiger partial charge in [0.15, 0.2) is 0 Å². The lowest BCUT2D eigenvalue weighted by atomic mass is 10.2. The van der Waals surface area contributed by atoms with E-state index in [-0.39, 0.29) is 5.56 Å². The molecule has 0 fully saturated rings. The van der Waals surface area contributed by atoms with Gasteiger partial charge >= 0.3 is 5.97 Å². The van der Waals surface area contributed by atoms with Crippen LogP contribution in [0.25, 0.3) is 11.0 Å². The number of carbonyl (C=O) groups is 1. The van der Waals surface area contributed by atoms with E-state index in [9.17, 15) is 4.79 Å². The summed E-state index contributed by atoms with van der Waals surface area (Å²) in [4.78, 5) is 17.7. The summed E-state index contributed by atoms with van der Waals surface area (Å²) in [6.45, 7) is 0. The monoisotopic (exact) mass is 288 g/mol. The maximum absolute atomic E-state index is 10.8. The van der Waals surface area contributed by atoms with Gasteiger partial charge in [-0.25, -0.2) is 4.79 Å². The van der Waals surface area contributed by atoms with Crippen molar-refractivity contribution in [2.45, 2.75) is 0 Å². The Morgan fingerprint density at radius 3 is 3.08 bits per heavy atom. The Kier molecular flexibility index (Phi) is 1.95. The molecule has 2 N–H and O–H groups in total. The van der Waals surface area contributed by atoms with Gasteiger partial charge in [-0.15, -0.1) is 0 Å². The molecule has 2 aromatic heterocycles. The number of nitrogens with zero attached hydrogens (tertiary/aromatic N) is 1. The Balaban J connectivity index is 2.84. The number of aromatic amines is 1. The minimum Gasteiger partial charge on any atom is -0.478 e. The van der Waals surface area contributed by atoms with Crippen LogP contribution in [0.3, 0.4) is 0 Å². The molecule has 5 heteroatoms. The van der Waals surface area contributed by atoms with Crippen molar-refractivity contribution in [3.8, 4) is 0 Å². The van der Waals surface area contributed by atoms with Crippen LogP contribution in [0, 0.1) is 3.57 Å². The fourth-order valence-corrected chi connectivity index (χ4v) is 1.74. The summed E-state index contributed by atoms with van der Waals surface area (Å²) in [5.41, 5.74) is 1.55. The quantitative estimate of drug-likeness (QED) is 0.787. The van der Waals surface area contributed by atoms with Gasteiger partial charge < -0.3 is 10.1 Å². The van der Waals surface area contributed by atoms with E-state index in [1.165, 1.54) is 12.3 Å². The minimum atomic E-state index is -0.939. The lowest BCUT2D eigenvalue weighted by Crippen LogP contribution is -1.97. The lowest BCUT2D eigenvalue weighted by Gasteiger charge is -1.95. The van der Waals surface area contributed by atoms with Crippen LogP contribution in [0.15, 0.2) is 18.5 Å². The first-order chi connectivity index (χ1) is 6.20. The van der Waals surface area contributed by atoms with Crippen LogP contribution in [-0.2, 0) is 0 Å². The molecular weight excluding hydrogens is 283 g/mol. The number of pyridine rings is 1. The molecule has 0 unspecified atom stereocenters. The average Bonchev–Trinajstić information content (AvgIpc) is 2.48. The molecule has 2 rings (SSSR count). The van der Waals surface area contributed by atoms with E-state index in [1.807, 2.05) is 0 Å². The summed E-state index contributed by atoms with van der Waals surface area (Å²) in [6.07, 6.45) is 3.24. The molecule has 2 aromatic rings. The van der Waals surface area contributed by atoms with Crippen LogP contribution in [-0.4, -0.2) is 21.0 Å². The molecule has 2 heterocycles. The molecule has 0 radical (unpaired) electrons. The SMILES string of the molecule is O=C(O)c1ccnc2c(I)c[nH]c12. The Hall–Kier alpha value is -1.11. The number of halogens is 1. The second-order valence-electron chi connectivity index (χ2n) is 2.52. The van der Waals surface area contributed by atoms with Crippen molar-refractivity contribution in [2.24, 2.45) is 0 Å². The van der Waals surface area contributed by atoms with Gasteiger partial charge in [-0.3, -0.25) is 4.98 Å². The highest BCUT2D eigenvalue weighted by atomic mass is 127. The molecule has 66 valence electrons. The molecule has 0 aliphatic carbocycles. The molecule has 4 nitrogen and oxygen atoms in total. The first kappa shape index (κ1) is 8.49. The van der Waals surface area contributed by atoms with Crippen LogP contribution in [0.5, 0.6) is 0 Å². The standard InChI is InChI=1S/C8H5IN2O2/c9-5-3-11-6-4(8(12)13)1-2-10-7(5)6/h1-3,11H,(H,12,13). The van der Waals surface area contributed by atoms with Gasteiger partial charge in [-0.1, -0.05) is 0 Å². The Morgan fingerprint density at radius 1 is 1.62 bits per heavy atom. The second kappa shape index (κ2) is 2.99. The first-order valence-electron chi connectivity index (χ1n) is 3.55. The topological polar surface area (TPSA) is 66.0 Å². The van der Waals surface area contributed by atoms with Crippen LogP contribution in [0.2, 0.25) is 0 Å². The molecular formula is C8H5IN2O2. The van der Waals surface area contributed by atoms with Crippen molar-refractivity contribution in [2.75, 3.05) is 0 Å². The van der Waals surface area contributed by atoms with E-state index in [4.69, 9.17) is 5.11 Å². The number of carboxylic acid groups (broad SMARTS) is 1. The zero-order valence-electron chi connectivity index (χ0n) is 6.41. The third-order valence-electron chi connectivity index (χ3n) is 1.75. The number of nitrogens with one attached hydrogen (secondary N) is 1. The zero-order chi connectivity index (χ0) is 9.42. The van der Waals surface area contributed by atoms with Gasteiger partial charge in [-0.05, 0) is 28.7 Å².